The van der Waals surface area contributed by atoms with Gasteiger partial charge in [-0.2, -0.15) is 0 Å². The summed E-state index contributed by atoms with van der Waals surface area (Å²) in [5.74, 6) is -2.10. The highest BCUT2D eigenvalue weighted by Gasteiger charge is 2.41. The van der Waals surface area contributed by atoms with Gasteiger partial charge in [-0.3, -0.25) is 24.0 Å². The Labute approximate surface area is 289 Å². The normalized spacial score (nSPS) is 23.6. The molecule has 266 valence electrons. The van der Waals surface area contributed by atoms with E-state index in [1.54, 1.807) is 36.1 Å². The van der Waals surface area contributed by atoms with Gasteiger partial charge in [-0.1, -0.05) is 56.3 Å². The number of likely N-dealkylation sites (tertiary alicyclic amines) is 1. The number of nitrogens with zero attached hydrogens (tertiary/aromatic N) is 2. The fourth-order valence-electron chi connectivity index (χ4n) is 6.18. The molecule has 0 saturated carbocycles. The van der Waals surface area contributed by atoms with Crippen LogP contribution in [-0.2, 0) is 32.1 Å². The number of piperidine rings is 1. The Balaban J connectivity index is 1.61. The van der Waals surface area contributed by atoms with Crippen LogP contribution in [0.3, 0.4) is 0 Å². The van der Waals surface area contributed by atoms with Crippen LogP contribution in [0.2, 0.25) is 0 Å². The zero-order chi connectivity index (χ0) is 35.6. The summed E-state index contributed by atoms with van der Waals surface area (Å²) in [4.78, 5) is 71.1. The predicted octanol–water partition coefficient (Wildman–Crippen LogP) is 1.76. The van der Waals surface area contributed by atoms with E-state index in [4.69, 9.17) is 0 Å². The van der Waals surface area contributed by atoms with Gasteiger partial charge in [0.15, 0.2) is 0 Å². The highest BCUT2D eigenvalue weighted by molar-refractivity contribution is 5.99. The zero-order valence-electron chi connectivity index (χ0n) is 29.2. The van der Waals surface area contributed by atoms with Gasteiger partial charge in [-0.05, 0) is 75.3 Å². The molecule has 3 aliphatic rings. The maximum atomic E-state index is 13.8. The van der Waals surface area contributed by atoms with Crippen molar-refractivity contribution in [2.75, 3.05) is 33.2 Å². The molecule has 0 unspecified atom stereocenters. The molecule has 2 bridgehead atoms. The van der Waals surface area contributed by atoms with E-state index >= 15 is 0 Å². The van der Waals surface area contributed by atoms with Crippen molar-refractivity contribution in [3.05, 3.63) is 71.3 Å². The highest BCUT2D eigenvalue weighted by Crippen LogP contribution is 2.25. The van der Waals surface area contributed by atoms with Gasteiger partial charge >= 0.3 is 0 Å². The van der Waals surface area contributed by atoms with Gasteiger partial charge in [-0.15, -0.1) is 0 Å². The second-order valence-electron chi connectivity index (χ2n) is 13.9. The highest BCUT2D eigenvalue weighted by atomic mass is 16.3. The standard InChI is InChI=1S/C37H52N6O6/c1-25(2)22-30-34(46)39-26(3)32(44)38-18-8-9-19-43(36(48)37(49)16-20-42(4)21-17-37)24-28-12-14-29(15-13-28)33(45)40-31(35(47)41-30)23-27-10-6-5-7-11-27/h5-7,10-15,25-26,30-31,49H,8-9,16-24H2,1-4H3,(H,38,44)(H,39,46)(H,40,45)(H,41,47)/t26-,30+,31-/m1/s1. The second kappa shape index (κ2) is 17.4. The minimum atomic E-state index is -1.46. The molecule has 5 N–H and O–H groups in total. The van der Waals surface area contributed by atoms with Gasteiger partial charge in [-0.25, -0.2) is 0 Å². The quantitative estimate of drug-likeness (QED) is 0.302. The van der Waals surface area contributed by atoms with Gasteiger partial charge in [0.1, 0.15) is 23.7 Å². The summed E-state index contributed by atoms with van der Waals surface area (Å²) in [6, 6.07) is 13.4. The van der Waals surface area contributed by atoms with E-state index in [0.717, 1.165) is 11.1 Å². The Kier molecular flexibility index (Phi) is 13.3. The number of carbonyl (C=O) groups is 5. The third-order valence-electron chi connectivity index (χ3n) is 9.24. The molecule has 3 aliphatic heterocycles. The van der Waals surface area contributed by atoms with Crippen molar-refractivity contribution in [2.24, 2.45) is 5.92 Å². The lowest BCUT2D eigenvalue weighted by Gasteiger charge is -2.38. The first-order chi connectivity index (χ1) is 23.3. The lowest BCUT2D eigenvalue weighted by Crippen LogP contribution is -2.57. The molecule has 2 aromatic carbocycles. The van der Waals surface area contributed by atoms with Gasteiger partial charge in [0.05, 0.1) is 0 Å². The number of carbonyl (C=O) groups excluding carboxylic acids is 5. The molecule has 0 spiro atoms. The number of nitrogens with one attached hydrogen (secondary N) is 4. The van der Waals surface area contributed by atoms with E-state index in [9.17, 15) is 29.1 Å². The molecular weight excluding hydrogens is 624 g/mol. The van der Waals surface area contributed by atoms with Crippen LogP contribution in [0.25, 0.3) is 0 Å². The zero-order valence-corrected chi connectivity index (χ0v) is 29.2. The third-order valence-corrected chi connectivity index (χ3v) is 9.24. The van der Waals surface area contributed by atoms with Crippen molar-refractivity contribution >= 4 is 29.5 Å². The van der Waals surface area contributed by atoms with Crippen molar-refractivity contribution in [1.29, 1.82) is 0 Å². The van der Waals surface area contributed by atoms with E-state index in [1.807, 2.05) is 51.2 Å². The van der Waals surface area contributed by atoms with Gasteiger partial charge in [0.2, 0.25) is 17.7 Å². The molecule has 0 aliphatic carbocycles. The van der Waals surface area contributed by atoms with Crippen molar-refractivity contribution in [1.82, 2.24) is 31.1 Å². The lowest BCUT2D eigenvalue weighted by molar-refractivity contribution is -0.156. The minimum Gasteiger partial charge on any atom is -0.380 e. The van der Waals surface area contributed by atoms with Crippen LogP contribution in [-0.4, -0.2) is 101 Å². The number of hydrogen-bond donors (Lipinski definition) is 5. The molecule has 1 fully saturated rings. The maximum absolute atomic E-state index is 13.8. The lowest BCUT2D eigenvalue weighted by atomic mass is 9.89. The fraction of sp³-hybridized carbons (Fsp3) is 0.541. The summed E-state index contributed by atoms with van der Waals surface area (Å²) in [7, 11) is 1.96. The van der Waals surface area contributed by atoms with Crippen molar-refractivity contribution in [2.45, 2.75) is 89.6 Å². The monoisotopic (exact) mass is 676 g/mol. The Bertz CT molecular complexity index is 1440. The molecule has 3 heterocycles. The van der Waals surface area contributed by atoms with Crippen LogP contribution in [0, 0.1) is 5.92 Å². The summed E-state index contributed by atoms with van der Waals surface area (Å²) >= 11 is 0. The SMILES string of the molecule is CC(C)C[C@@H]1NC(=O)[C@@H](Cc2ccccc2)NC(=O)c2ccc(cc2)CN(C(=O)C2(O)CCN(C)CC2)CCCCNC(=O)[C@@H](C)NC1=O. The molecule has 0 aromatic heterocycles. The number of fused-ring (bicyclic) bond motifs is 18. The Morgan fingerprint density at radius 3 is 2.16 bits per heavy atom. The fourth-order valence-corrected chi connectivity index (χ4v) is 6.18. The van der Waals surface area contributed by atoms with Gasteiger partial charge < -0.3 is 36.2 Å². The number of benzene rings is 2. The number of rotatable bonds is 5. The van der Waals surface area contributed by atoms with Crippen molar-refractivity contribution in [3.63, 3.8) is 0 Å². The average molecular weight is 677 g/mol. The molecular formula is C37H52N6O6. The molecule has 0 radical (unpaired) electrons. The van der Waals surface area contributed by atoms with E-state index in [1.165, 1.54) is 0 Å². The molecule has 12 heteroatoms. The van der Waals surface area contributed by atoms with Crippen LogP contribution < -0.4 is 21.3 Å². The molecule has 3 atom stereocenters. The molecule has 2 aromatic rings. The first-order valence-electron chi connectivity index (χ1n) is 17.4. The minimum absolute atomic E-state index is 0.0574. The summed E-state index contributed by atoms with van der Waals surface area (Å²) in [6.07, 6.45) is 2.36. The Hall–Kier alpha value is -4.29. The summed E-state index contributed by atoms with van der Waals surface area (Å²) < 4.78 is 0. The van der Waals surface area contributed by atoms with E-state index in [-0.39, 0.29) is 30.7 Å². The van der Waals surface area contributed by atoms with Crippen LogP contribution >= 0.6 is 0 Å². The van der Waals surface area contributed by atoms with Crippen LogP contribution in [0.1, 0.15) is 74.4 Å². The Morgan fingerprint density at radius 2 is 1.51 bits per heavy atom. The smallest absolute Gasteiger partial charge is 0.254 e. The molecule has 12 nitrogen and oxygen atoms in total. The first kappa shape index (κ1) is 37.5. The second-order valence-corrected chi connectivity index (χ2v) is 13.9. The van der Waals surface area contributed by atoms with Crippen molar-refractivity contribution in [3.8, 4) is 0 Å². The molecule has 5 rings (SSSR count). The number of hydrogen-bond acceptors (Lipinski definition) is 7. The summed E-state index contributed by atoms with van der Waals surface area (Å²) in [5, 5.41) is 22.6. The summed E-state index contributed by atoms with van der Waals surface area (Å²) in [6.45, 7) is 7.63. The van der Waals surface area contributed by atoms with Gasteiger partial charge in [0.25, 0.3) is 11.8 Å². The summed E-state index contributed by atoms with van der Waals surface area (Å²) in [5.41, 5.74) is 0.494. The first-order valence-corrected chi connectivity index (χ1v) is 17.4. The van der Waals surface area contributed by atoms with E-state index in [2.05, 4.69) is 26.2 Å². The molecule has 5 amide bonds. The third kappa shape index (κ3) is 10.9. The van der Waals surface area contributed by atoms with Crippen LogP contribution in [0.4, 0.5) is 0 Å². The molecule has 1 saturated heterocycles. The number of aliphatic hydroxyl groups is 1. The van der Waals surface area contributed by atoms with Gasteiger partial charge in [0, 0.05) is 44.7 Å². The topological polar surface area (TPSA) is 160 Å². The average Bonchev–Trinajstić information content (AvgIpc) is 3.08. The van der Waals surface area contributed by atoms with Crippen molar-refractivity contribution < 1.29 is 29.1 Å². The van der Waals surface area contributed by atoms with Crippen LogP contribution in [0.5, 0.6) is 0 Å². The maximum Gasteiger partial charge on any atom is 0.254 e. The Morgan fingerprint density at radius 1 is 0.857 bits per heavy atom. The van der Waals surface area contributed by atoms with E-state index < -0.39 is 41.4 Å². The predicted molar refractivity (Wildman–Crippen MR) is 186 cm³/mol. The van der Waals surface area contributed by atoms with Crippen LogP contribution in [0.15, 0.2) is 54.6 Å². The number of amides is 5. The molecule has 49 heavy (non-hydrogen) atoms. The van der Waals surface area contributed by atoms with E-state index in [0.29, 0.717) is 63.8 Å². The largest absolute Gasteiger partial charge is 0.380 e.